The number of benzene rings is 1. The van der Waals surface area contributed by atoms with E-state index in [4.69, 9.17) is 4.74 Å². The number of hydrogen-bond donors (Lipinski definition) is 1. The lowest BCUT2D eigenvalue weighted by molar-refractivity contribution is -0.125. The van der Waals surface area contributed by atoms with E-state index >= 15 is 0 Å². The highest BCUT2D eigenvalue weighted by Gasteiger charge is 2.27. The molecule has 1 unspecified atom stereocenters. The number of carbonyl (C=O) groups is 2. The summed E-state index contributed by atoms with van der Waals surface area (Å²) >= 11 is 1.56. The molecule has 0 aliphatic heterocycles. The van der Waals surface area contributed by atoms with Crippen molar-refractivity contribution in [1.29, 1.82) is 0 Å². The van der Waals surface area contributed by atoms with E-state index in [1.165, 1.54) is 4.88 Å². The van der Waals surface area contributed by atoms with Crippen LogP contribution in [0.2, 0.25) is 0 Å². The quantitative estimate of drug-likeness (QED) is 0.878. The minimum absolute atomic E-state index is 0.0310. The molecule has 3 rings (SSSR count). The molecule has 6 heteroatoms. The van der Waals surface area contributed by atoms with E-state index in [-0.39, 0.29) is 17.7 Å². The van der Waals surface area contributed by atoms with Gasteiger partial charge in [0.25, 0.3) is 5.91 Å². The molecule has 1 aromatic carbocycles. The fourth-order valence-electron chi connectivity index (χ4n) is 3.19. The monoisotopic (exact) mass is 372 g/mol. The number of methoxy groups -OCH3 is 1. The minimum Gasteiger partial charge on any atom is -0.497 e. The van der Waals surface area contributed by atoms with Crippen molar-refractivity contribution in [2.24, 2.45) is 5.92 Å². The Kier molecular flexibility index (Phi) is 5.61. The summed E-state index contributed by atoms with van der Waals surface area (Å²) in [5.74, 6) is 0.856. The van der Waals surface area contributed by atoms with Crippen molar-refractivity contribution in [3.63, 3.8) is 0 Å². The summed E-state index contributed by atoms with van der Waals surface area (Å²) < 4.78 is 5.21. The Morgan fingerprint density at radius 2 is 2.12 bits per heavy atom. The third-order valence-corrected chi connectivity index (χ3v) is 5.90. The summed E-state index contributed by atoms with van der Waals surface area (Å²) in [5.41, 5.74) is 2.16. The molecule has 1 aromatic heterocycles. The number of fused-ring (bicyclic) bond motifs is 1. The Hall–Kier alpha value is -2.34. The third kappa shape index (κ3) is 4.07. The molecule has 138 valence electrons. The number of thiophene rings is 1. The molecule has 5 nitrogen and oxygen atoms in total. The van der Waals surface area contributed by atoms with Crippen molar-refractivity contribution in [3.8, 4) is 5.75 Å². The number of aryl methyl sites for hydroxylation is 1. The van der Waals surface area contributed by atoms with Crippen molar-refractivity contribution in [2.45, 2.75) is 25.8 Å². The molecule has 2 amide bonds. The first kappa shape index (κ1) is 18.5. The van der Waals surface area contributed by atoms with Crippen LogP contribution in [0.1, 0.15) is 32.1 Å². The Morgan fingerprint density at radius 1 is 1.31 bits per heavy atom. The number of amides is 2. The fraction of sp³-hybridized carbons (Fsp3) is 0.400. The zero-order valence-electron chi connectivity index (χ0n) is 15.4. The van der Waals surface area contributed by atoms with Gasteiger partial charge in [0.2, 0.25) is 5.91 Å². The average molecular weight is 372 g/mol. The second-order valence-electron chi connectivity index (χ2n) is 6.77. The van der Waals surface area contributed by atoms with Crippen LogP contribution in [0.5, 0.6) is 5.75 Å². The molecule has 0 saturated carbocycles. The van der Waals surface area contributed by atoms with Crippen molar-refractivity contribution in [3.05, 3.63) is 51.2 Å². The van der Waals surface area contributed by atoms with Gasteiger partial charge in [-0.1, -0.05) is 12.1 Å². The molecule has 1 N–H and O–H groups in total. The van der Waals surface area contributed by atoms with Crippen LogP contribution in [-0.2, 0) is 24.2 Å². The Bertz CT molecular complexity index is 813. The number of rotatable bonds is 5. The summed E-state index contributed by atoms with van der Waals surface area (Å²) in [7, 11) is 5.15. The van der Waals surface area contributed by atoms with Crippen LogP contribution in [0.4, 0.5) is 0 Å². The van der Waals surface area contributed by atoms with Gasteiger partial charge >= 0.3 is 0 Å². The van der Waals surface area contributed by atoms with Gasteiger partial charge < -0.3 is 15.0 Å². The molecular weight excluding hydrogens is 348 g/mol. The molecule has 0 fully saturated rings. The second kappa shape index (κ2) is 7.91. The molecule has 1 aliphatic carbocycles. The van der Waals surface area contributed by atoms with E-state index in [2.05, 4.69) is 5.32 Å². The van der Waals surface area contributed by atoms with Crippen molar-refractivity contribution < 1.29 is 14.3 Å². The topological polar surface area (TPSA) is 58.6 Å². The Balaban J connectivity index is 1.61. The lowest BCUT2D eigenvalue weighted by Gasteiger charge is -2.21. The summed E-state index contributed by atoms with van der Waals surface area (Å²) in [6.07, 6.45) is 2.39. The lowest BCUT2D eigenvalue weighted by atomic mass is 9.87. The van der Waals surface area contributed by atoms with Crippen molar-refractivity contribution >= 4 is 23.2 Å². The second-order valence-corrected chi connectivity index (χ2v) is 7.90. The molecule has 2 aromatic rings. The maximum Gasteiger partial charge on any atom is 0.263 e. The van der Waals surface area contributed by atoms with E-state index in [9.17, 15) is 9.59 Å². The Labute approximate surface area is 158 Å². The largest absolute Gasteiger partial charge is 0.497 e. The normalized spacial score (nSPS) is 15.9. The molecule has 0 spiro atoms. The predicted molar refractivity (Wildman–Crippen MR) is 103 cm³/mol. The van der Waals surface area contributed by atoms with Crippen LogP contribution >= 0.6 is 11.3 Å². The van der Waals surface area contributed by atoms with Gasteiger partial charge in [-0.3, -0.25) is 9.59 Å². The van der Waals surface area contributed by atoms with Crippen molar-refractivity contribution in [2.75, 3.05) is 21.2 Å². The first-order valence-electron chi connectivity index (χ1n) is 8.72. The Morgan fingerprint density at radius 3 is 2.85 bits per heavy atom. The van der Waals surface area contributed by atoms with Gasteiger partial charge in [0.05, 0.1) is 12.0 Å². The zero-order valence-corrected chi connectivity index (χ0v) is 16.2. The van der Waals surface area contributed by atoms with Gasteiger partial charge in [-0.15, -0.1) is 11.3 Å². The van der Waals surface area contributed by atoms with E-state index in [1.54, 1.807) is 37.4 Å². The SMILES string of the molecule is COc1cccc(CNC(=O)C2CCc3sc(C(=O)N(C)C)cc3C2)c1. The van der Waals surface area contributed by atoms with Gasteiger partial charge in [0, 0.05) is 31.4 Å². The van der Waals surface area contributed by atoms with Gasteiger partial charge in [0.1, 0.15) is 5.75 Å². The molecule has 1 aliphatic rings. The number of hydrogen-bond acceptors (Lipinski definition) is 4. The number of carbonyl (C=O) groups excluding carboxylic acids is 2. The molecular formula is C20H24N2O3S. The van der Waals surface area contributed by atoms with E-state index in [0.29, 0.717) is 13.0 Å². The third-order valence-electron chi connectivity index (χ3n) is 4.67. The summed E-state index contributed by atoms with van der Waals surface area (Å²) in [6, 6.07) is 9.67. The summed E-state index contributed by atoms with van der Waals surface area (Å²) in [5, 5.41) is 3.03. The van der Waals surface area contributed by atoms with Crippen LogP contribution in [-0.4, -0.2) is 37.9 Å². The zero-order chi connectivity index (χ0) is 18.7. The van der Waals surface area contributed by atoms with Gasteiger partial charge in [-0.2, -0.15) is 0 Å². The number of ether oxygens (including phenoxy) is 1. The number of nitrogens with zero attached hydrogens (tertiary/aromatic N) is 1. The van der Waals surface area contributed by atoms with Crippen LogP contribution < -0.4 is 10.1 Å². The molecule has 26 heavy (non-hydrogen) atoms. The average Bonchev–Trinajstić information content (AvgIpc) is 3.08. The van der Waals surface area contributed by atoms with Gasteiger partial charge in [0.15, 0.2) is 0 Å². The predicted octanol–water partition coefficient (Wildman–Crippen LogP) is 2.88. The van der Waals surface area contributed by atoms with E-state index < -0.39 is 0 Å². The molecule has 1 heterocycles. The minimum atomic E-state index is -0.0370. The highest BCUT2D eigenvalue weighted by Crippen LogP contribution is 2.33. The molecule has 0 saturated heterocycles. The van der Waals surface area contributed by atoms with Crippen LogP contribution in [0.3, 0.4) is 0 Å². The molecule has 0 radical (unpaired) electrons. The smallest absolute Gasteiger partial charge is 0.263 e. The molecule has 1 atom stereocenters. The number of nitrogens with one attached hydrogen (secondary N) is 1. The first-order valence-corrected chi connectivity index (χ1v) is 9.53. The first-order chi connectivity index (χ1) is 12.5. The van der Waals surface area contributed by atoms with E-state index in [0.717, 1.165) is 34.6 Å². The molecule has 0 bridgehead atoms. The van der Waals surface area contributed by atoms with E-state index in [1.807, 2.05) is 30.3 Å². The van der Waals surface area contributed by atoms with Gasteiger partial charge in [-0.05, 0) is 48.6 Å². The summed E-state index contributed by atoms with van der Waals surface area (Å²) in [6.45, 7) is 0.493. The standard InChI is InChI=1S/C20H24N2O3S/c1-22(2)20(24)18-11-15-10-14(7-8-17(15)26-18)19(23)21-12-13-5-4-6-16(9-13)25-3/h4-6,9,11,14H,7-8,10,12H2,1-3H3,(H,21,23). The highest BCUT2D eigenvalue weighted by atomic mass is 32.1. The van der Waals surface area contributed by atoms with Crippen LogP contribution in [0.15, 0.2) is 30.3 Å². The highest BCUT2D eigenvalue weighted by molar-refractivity contribution is 7.14. The van der Waals surface area contributed by atoms with Crippen molar-refractivity contribution in [1.82, 2.24) is 10.2 Å². The lowest BCUT2D eigenvalue weighted by Crippen LogP contribution is -2.33. The van der Waals surface area contributed by atoms with Crippen LogP contribution in [0.25, 0.3) is 0 Å². The fourth-order valence-corrected chi connectivity index (χ4v) is 4.42. The van der Waals surface area contributed by atoms with Crippen LogP contribution in [0, 0.1) is 5.92 Å². The maximum atomic E-state index is 12.6. The summed E-state index contributed by atoms with van der Waals surface area (Å²) in [4.78, 5) is 28.3. The maximum absolute atomic E-state index is 12.6. The van der Waals surface area contributed by atoms with Gasteiger partial charge in [-0.25, -0.2) is 0 Å².